The quantitative estimate of drug-likeness (QED) is 0.0477. The van der Waals surface area contributed by atoms with E-state index >= 15 is 0 Å². The van der Waals surface area contributed by atoms with Crippen LogP contribution >= 0.6 is 46.4 Å². The Balaban J connectivity index is 0.00000361. The van der Waals surface area contributed by atoms with E-state index in [2.05, 4.69) is 60.3 Å². The van der Waals surface area contributed by atoms with Gasteiger partial charge < -0.3 is 28.8 Å². The van der Waals surface area contributed by atoms with Crippen molar-refractivity contribution in [2.45, 2.75) is 33.4 Å². The summed E-state index contributed by atoms with van der Waals surface area (Å²) in [7, 11) is -18.8. The number of aromatic nitrogens is 6. The molecule has 0 bridgehead atoms. The molecule has 2 aromatic heterocycles. The Bertz CT molecular complexity index is 4290. The number of halogens is 4. The van der Waals surface area contributed by atoms with Crippen LogP contribution in [0.3, 0.4) is 0 Å². The Morgan fingerprint density at radius 1 is 0.500 bits per heavy atom. The first-order chi connectivity index (χ1) is 36.3. The summed E-state index contributed by atoms with van der Waals surface area (Å²) in [6, 6.07) is 9.84. The van der Waals surface area contributed by atoms with Gasteiger partial charge in [0.05, 0.1) is 46.8 Å². The van der Waals surface area contributed by atoms with Gasteiger partial charge >= 0.3 is 118 Å². The van der Waals surface area contributed by atoms with Crippen LogP contribution in [0.2, 0.25) is 21.1 Å². The van der Waals surface area contributed by atoms with Gasteiger partial charge in [-0.3, -0.25) is 19.1 Å². The molecule has 0 radical (unpaired) electrons. The topological polar surface area (TPSA) is 445 Å². The minimum atomic E-state index is -5.35. The number of aromatic amines is 2. The van der Waals surface area contributed by atoms with Crippen molar-refractivity contribution in [2.75, 3.05) is 14.2 Å². The van der Waals surface area contributed by atoms with Crippen molar-refractivity contribution in [2.24, 2.45) is 30.4 Å². The normalized spacial score (nSPS) is 12.5. The van der Waals surface area contributed by atoms with Gasteiger partial charge in [-0.15, -0.1) is 20.5 Å². The minimum Gasteiger partial charge on any atom is -0.870 e. The Kier molecular flexibility index (Phi) is 23.9. The van der Waals surface area contributed by atoms with Crippen molar-refractivity contribution < 1.29 is 190 Å². The summed E-state index contributed by atoms with van der Waals surface area (Å²) in [6.45, 7) is 3.22. The van der Waals surface area contributed by atoms with Crippen molar-refractivity contribution >= 4 is 143 Å². The summed E-state index contributed by atoms with van der Waals surface area (Å²) < 4.78 is 156. The Hall–Kier alpha value is -3.34. The molecule has 40 heteroatoms. The number of aryl methyl sites for hydroxylation is 2. The summed E-state index contributed by atoms with van der Waals surface area (Å²) in [6.07, 6.45) is 0. The number of ether oxygens (including phenoxy) is 2. The zero-order chi connectivity index (χ0) is 57.1. The molecular weight excluding hydrogens is 1290 g/mol. The van der Waals surface area contributed by atoms with Gasteiger partial charge in [0.2, 0.25) is 32.4 Å². The molecule has 0 aliphatic rings. The number of H-pyrrole nitrogens is 2. The maximum absolute atomic E-state index is 14.2. The fraction of sp³-hybridized carbons (Fsp3) is 0.0952. The molecule has 0 unspecified atom stereocenters. The molecule has 6 aromatic carbocycles. The number of benzene rings is 6. The van der Waals surface area contributed by atoms with Gasteiger partial charge in [-0.05, 0) is 154 Å². The van der Waals surface area contributed by atoms with Crippen LogP contribution in [0.25, 0.3) is 32.7 Å². The Morgan fingerprint density at radius 2 is 0.841 bits per heavy atom. The van der Waals surface area contributed by atoms with E-state index in [0.29, 0.717) is 58.7 Å². The molecule has 4 N–H and O–H groups in total. The van der Waals surface area contributed by atoms with Gasteiger partial charge in [0.25, 0.3) is 20.2 Å². The van der Waals surface area contributed by atoms with Gasteiger partial charge in [-0.25, -0.2) is 26.8 Å². The zero-order valence-electron chi connectivity index (χ0n) is 43.0. The monoisotopic (exact) mass is 1310 g/mol. The fourth-order valence-corrected chi connectivity index (χ4v) is 10.6. The maximum atomic E-state index is 14.2. The van der Waals surface area contributed by atoms with Gasteiger partial charge in [-0.1, -0.05) is 11.5 Å². The van der Waals surface area contributed by atoms with E-state index in [1.807, 2.05) is 0 Å². The largest absolute Gasteiger partial charge is 1.00 e. The smallest absolute Gasteiger partial charge is 0.870 e. The summed E-state index contributed by atoms with van der Waals surface area (Å²) in [5.74, 6) is -2.63. The van der Waals surface area contributed by atoms with Crippen LogP contribution in [0.15, 0.2) is 111 Å². The molecule has 0 aliphatic carbocycles. The number of hydrogen-bond donors (Lipinski definition) is 4. The summed E-state index contributed by atoms with van der Waals surface area (Å²) in [4.78, 5) is 23.6. The standard InChI is InChI=1S/C42H30Cl4N12O16S4.4Na/c1-15-5-23(55-57-33-29(77(67,68)69)9-17-7-19(75(61,62)63)11-25(31(17)35(33)59)47-41-51-37(43)49-38(44)52-41)27(73-3)13-21(15)22-14-28(74-4)24(6-16(22)2)56-58-34-30(78(70,71)72)10-18-8-20(76(64,65)66)12-26(32(18)36(34)60)48-42-53-39(45)50-40(46)54-42;;;;/h5-14,59-60H,1-4H3,(H,61,62,63)(H,64,65,66)(H,67,68,69)(H,70,71,72)(H,47,49,51,52)(H,48,50,53,54);;;;/q;4*+1/p-4. The second-order valence-electron chi connectivity index (χ2n) is 15.8. The molecular formula is C42H26Cl4N12Na4O16S4. The van der Waals surface area contributed by atoms with E-state index in [-0.39, 0.29) is 152 Å². The third-order valence-electron chi connectivity index (χ3n) is 10.8. The first-order valence-electron chi connectivity index (χ1n) is 20.7. The summed E-state index contributed by atoms with van der Waals surface area (Å²) >= 11 is 23.6. The van der Waals surface area contributed by atoms with Crippen LogP contribution in [-0.2, 0) is 40.5 Å². The average molecular weight is 1320 g/mol. The molecule has 0 fully saturated rings. The van der Waals surface area contributed by atoms with Gasteiger partial charge in [-0.2, -0.15) is 36.8 Å². The molecule has 0 aliphatic heterocycles. The van der Waals surface area contributed by atoms with Crippen molar-refractivity contribution in [3.05, 3.63) is 104 Å². The molecule has 8 rings (SSSR count). The number of hydrogen-bond acceptors (Lipinski definition) is 24. The minimum absolute atomic E-state index is 0. The molecule has 0 atom stereocenters. The van der Waals surface area contributed by atoms with Crippen LogP contribution < -0.4 is 149 Å². The number of nitrogens with one attached hydrogen (secondary N) is 2. The Labute approximate surface area is 571 Å². The van der Waals surface area contributed by atoms with Gasteiger partial charge in [0.1, 0.15) is 52.9 Å². The number of rotatable bonds is 13. The third-order valence-corrected chi connectivity index (χ3v) is 14.9. The van der Waals surface area contributed by atoms with Crippen molar-refractivity contribution in [3.63, 3.8) is 0 Å². The number of fused-ring (bicyclic) bond motifs is 2. The molecule has 2 heterocycles. The van der Waals surface area contributed by atoms with Gasteiger partial charge in [0.15, 0.2) is 0 Å². The van der Waals surface area contributed by atoms with E-state index in [4.69, 9.17) is 55.9 Å². The van der Waals surface area contributed by atoms with Crippen molar-refractivity contribution in [1.29, 1.82) is 0 Å². The predicted molar refractivity (Wildman–Crippen MR) is 268 cm³/mol. The third kappa shape index (κ3) is 15.8. The predicted octanol–water partition coefficient (Wildman–Crippen LogP) is -5.10. The first kappa shape index (κ1) is 71.1. The average Bonchev–Trinajstić information content (AvgIpc) is 3.31. The first-order valence-corrected chi connectivity index (χ1v) is 27.9. The van der Waals surface area contributed by atoms with E-state index < -0.39 is 138 Å². The van der Waals surface area contributed by atoms with Crippen LogP contribution in [-0.4, -0.2) is 96.0 Å². The zero-order valence-corrected chi connectivity index (χ0v) is 57.3. The number of azo groups is 2. The van der Waals surface area contributed by atoms with E-state index in [1.165, 1.54) is 38.5 Å². The van der Waals surface area contributed by atoms with E-state index in [9.17, 15) is 62.1 Å². The molecule has 28 nitrogen and oxygen atoms in total. The van der Waals surface area contributed by atoms with E-state index in [1.54, 1.807) is 13.8 Å². The molecule has 406 valence electrons. The molecule has 0 saturated heterocycles. The second-order valence-corrected chi connectivity index (χ2v) is 22.7. The van der Waals surface area contributed by atoms with Crippen LogP contribution in [0, 0.1) is 13.8 Å². The van der Waals surface area contributed by atoms with E-state index in [0.717, 1.165) is 0 Å². The molecule has 0 spiro atoms. The fourth-order valence-electron chi connectivity index (χ4n) is 7.53. The van der Waals surface area contributed by atoms with Crippen LogP contribution in [0.1, 0.15) is 11.1 Å². The van der Waals surface area contributed by atoms with Crippen molar-refractivity contribution in [3.8, 4) is 34.1 Å². The molecule has 0 saturated carbocycles. The number of nitrogens with zero attached hydrogens (tertiary/aromatic N) is 10. The maximum Gasteiger partial charge on any atom is 1.00 e. The van der Waals surface area contributed by atoms with Crippen molar-refractivity contribution in [1.82, 2.24) is 29.9 Å². The van der Waals surface area contributed by atoms with Gasteiger partial charge in [0, 0.05) is 10.8 Å². The number of methoxy groups -OCH3 is 2. The molecule has 82 heavy (non-hydrogen) atoms. The summed E-state index contributed by atoms with van der Waals surface area (Å²) in [5.41, 5.74) is -2.52. The SMILES string of the molecule is COc1cc(-c2cc(OC)c(N=Nc3c(S(=O)(=O)O)cc4cc(S(=O)(=O)[O-])cc(N=c5nc(Cl)nc(Cl)[nH]5)c4c3[O-])cc2C)c(C)cc1N=Nc1c(S(=O)(=O)O)cc2cc(S(=O)(=O)[O-])cc(N=c3nc(Cl)nc(Cl)[nH]3)c2c1[O-].[Na+].[Na+].[Na+].[Na+]. The summed E-state index contributed by atoms with van der Waals surface area (Å²) in [5, 5.41) is 40.8. The van der Waals surface area contributed by atoms with Crippen LogP contribution in [0.5, 0.6) is 23.0 Å². The molecule has 0 amide bonds. The molecule has 8 aromatic rings. The van der Waals surface area contributed by atoms with Crippen LogP contribution in [0.4, 0.5) is 34.1 Å². The Morgan fingerprint density at radius 3 is 1.13 bits per heavy atom. The second kappa shape index (κ2) is 27.6.